The van der Waals surface area contributed by atoms with Gasteiger partial charge in [0.2, 0.25) is 0 Å². The van der Waals surface area contributed by atoms with Crippen LogP contribution in [-0.2, 0) is 10.5 Å². The van der Waals surface area contributed by atoms with Crippen LogP contribution in [0, 0.1) is 19.3 Å². The Hall–Kier alpha value is -1.80. The van der Waals surface area contributed by atoms with Crippen molar-refractivity contribution in [1.29, 1.82) is 0 Å². The zero-order valence-electron chi connectivity index (χ0n) is 14.9. The SMILES string of the molecule is C#Cc1cc(N2CCN(C(=O)OC(C)(C)C)CC2)cc(CS)c1C. The molecule has 0 N–H and O–H groups in total. The first-order valence-electron chi connectivity index (χ1n) is 8.19. The van der Waals surface area contributed by atoms with Crippen molar-refractivity contribution in [2.24, 2.45) is 0 Å². The van der Waals surface area contributed by atoms with Gasteiger partial charge in [-0.05, 0) is 51.0 Å². The van der Waals surface area contributed by atoms with E-state index in [9.17, 15) is 4.79 Å². The Morgan fingerprint density at radius 2 is 1.92 bits per heavy atom. The molecule has 1 fully saturated rings. The van der Waals surface area contributed by atoms with Crippen LogP contribution in [0.3, 0.4) is 0 Å². The molecule has 1 heterocycles. The summed E-state index contributed by atoms with van der Waals surface area (Å²) in [6.45, 7) is 10.5. The molecule has 0 saturated carbocycles. The molecule has 1 aliphatic rings. The molecular weight excluding hydrogens is 320 g/mol. The third-order valence-corrected chi connectivity index (χ3v) is 4.46. The first-order chi connectivity index (χ1) is 11.2. The summed E-state index contributed by atoms with van der Waals surface area (Å²) in [6.07, 6.45) is 5.39. The van der Waals surface area contributed by atoms with Gasteiger partial charge in [-0.2, -0.15) is 12.6 Å². The fraction of sp³-hybridized carbons (Fsp3) is 0.526. The third kappa shape index (κ3) is 4.39. The molecule has 0 aromatic heterocycles. The average molecular weight is 346 g/mol. The maximum atomic E-state index is 12.2. The maximum absolute atomic E-state index is 12.2. The minimum atomic E-state index is -0.464. The lowest BCUT2D eigenvalue weighted by Gasteiger charge is -2.37. The van der Waals surface area contributed by atoms with Crippen LogP contribution in [0.15, 0.2) is 12.1 Å². The number of hydrogen-bond donors (Lipinski definition) is 1. The van der Waals surface area contributed by atoms with Gasteiger partial charge in [-0.25, -0.2) is 4.79 Å². The zero-order chi connectivity index (χ0) is 17.9. The lowest BCUT2D eigenvalue weighted by Crippen LogP contribution is -2.50. The monoisotopic (exact) mass is 346 g/mol. The second kappa shape index (κ2) is 7.40. The Morgan fingerprint density at radius 3 is 2.42 bits per heavy atom. The molecule has 4 nitrogen and oxygen atoms in total. The van der Waals surface area contributed by atoms with Crippen molar-refractivity contribution in [3.63, 3.8) is 0 Å². The van der Waals surface area contributed by atoms with E-state index in [1.54, 1.807) is 4.90 Å². The van der Waals surface area contributed by atoms with Crippen molar-refractivity contribution >= 4 is 24.4 Å². The molecule has 0 spiro atoms. The van der Waals surface area contributed by atoms with Crippen molar-refractivity contribution in [1.82, 2.24) is 4.90 Å². The van der Waals surface area contributed by atoms with E-state index in [-0.39, 0.29) is 6.09 Å². The number of hydrogen-bond acceptors (Lipinski definition) is 4. The molecular formula is C19H26N2O2S. The number of benzene rings is 1. The van der Waals surface area contributed by atoms with Gasteiger partial charge in [0.1, 0.15) is 5.60 Å². The fourth-order valence-electron chi connectivity index (χ4n) is 2.73. The molecule has 24 heavy (non-hydrogen) atoms. The minimum Gasteiger partial charge on any atom is -0.444 e. The van der Waals surface area contributed by atoms with Crippen LogP contribution in [0.25, 0.3) is 0 Å². The van der Waals surface area contributed by atoms with Gasteiger partial charge in [0, 0.05) is 43.2 Å². The van der Waals surface area contributed by atoms with Crippen molar-refractivity contribution in [2.75, 3.05) is 31.1 Å². The van der Waals surface area contributed by atoms with Crippen LogP contribution >= 0.6 is 12.6 Å². The fourth-order valence-corrected chi connectivity index (χ4v) is 3.06. The first kappa shape index (κ1) is 18.5. The van der Waals surface area contributed by atoms with Gasteiger partial charge in [-0.1, -0.05) is 5.92 Å². The molecule has 0 unspecified atom stereocenters. The molecule has 1 aromatic rings. The van der Waals surface area contributed by atoms with Crippen molar-refractivity contribution in [2.45, 2.75) is 39.0 Å². The standard InChI is InChI=1S/C19H26N2O2S/c1-6-15-11-17(12-16(13-24)14(15)2)20-7-9-21(10-8-20)18(22)23-19(3,4)5/h1,11-12,24H,7-10,13H2,2-5H3. The zero-order valence-corrected chi connectivity index (χ0v) is 15.8. The highest BCUT2D eigenvalue weighted by atomic mass is 32.1. The highest BCUT2D eigenvalue weighted by molar-refractivity contribution is 7.79. The number of carbonyl (C=O) groups excluding carboxylic acids is 1. The quantitative estimate of drug-likeness (QED) is 0.657. The molecule has 5 heteroatoms. The molecule has 1 amide bonds. The van der Waals surface area contributed by atoms with Crippen LogP contribution in [0.1, 0.15) is 37.5 Å². The van der Waals surface area contributed by atoms with Crippen molar-refractivity contribution in [3.8, 4) is 12.3 Å². The van der Waals surface area contributed by atoms with Crippen LogP contribution in [-0.4, -0.2) is 42.8 Å². The van der Waals surface area contributed by atoms with Crippen molar-refractivity contribution in [3.05, 3.63) is 28.8 Å². The largest absolute Gasteiger partial charge is 0.444 e. The smallest absolute Gasteiger partial charge is 0.410 e. The summed E-state index contributed by atoms with van der Waals surface area (Å²) in [4.78, 5) is 16.2. The Morgan fingerprint density at radius 1 is 1.29 bits per heavy atom. The van der Waals surface area contributed by atoms with Crippen molar-refractivity contribution < 1.29 is 9.53 Å². The van der Waals surface area contributed by atoms with E-state index in [4.69, 9.17) is 11.2 Å². The molecule has 1 saturated heterocycles. The predicted molar refractivity (Wildman–Crippen MR) is 102 cm³/mol. The molecule has 1 aliphatic heterocycles. The molecule has 0 bridgehead atoms. The lowest BCUT2D eigenvalue weighted by atomic mass is 10.0. The van der Waals surface area contributed by atoms with Gasteiger partial charge in [0.05, 0.1) is 0 Å². The maximum Gasteiger partial charge on any atom is 0.410 e. The van der Waals surface area contributed by atoms with E-state index in [1.165, 1.54) is 0 Å². The highest BCUT2D eigenvalue weighted by Crippen LogP contribution is 2.25. The Labute approximate surface area is 150 Å². The van der Waals surface area contributed by atoms with E-state index in [0.717, 1.165) is 35.5 Å². The molecule has 0 radical (unpaired) electrons. The van der Waals surface area contributed by atoms with Crippen LogP contribution in [0.4, 0.5) is 10.5 Å². The first-order valence-corrected chi connectivity index (χ1v) is 8.82. The number of thiol groups is 1. The Kier molecular flexibility index (Phi) is 5.71. The molecule has 0 aliphatic carbocycles. The average Bonchev–Trinajstić information content (AvgIpc) is 2.53. The number of carbonyl (C=O) groups is 1. The van der Waals surface area contributed by atoms with Gasteiger partial charge < -0.3 is 14.5 Å². The molecule has 0 atom stereocenters. The predicted octanol–water partition coefficient (Wildman–Crippen LogP) is 3.46. The molecule has 1 aromatic carbocycles. The van der Waals surface area contributed by atoms with E-state index >= 15 is 0 Å². The third-order valence-electron chi connectivity index (χ3n) is 4.12. The number of rotatable bonds is 2. The number of nitrogens with zero attached hydrogens (tertiary/aromatic N) is 2. The number of anilines is 1. The van der Waals surface area contributed by atoms with Crippen LogP contribution < -0.4 is 4.90 Å². The minimum absolute atomic E-state index is 0.244. The van der Waals surface area contributed by atoms with E-state index in [1.807, 2.05) is 33.8 Å². The van der Waals surface area contributed by atoms with Gasteiger partial charge in [0.25, 0.3) is 0 Å². The number of amides is 1. The summed E-state index contributed by atoms with van der Waals surface area (Å²) in [6, 6.07) is 4.19. The van der Waals surface area contributed by atoms with Gasteiger partial charge in [0.15, 0.2) is 0 Å². The Balaban J connectivity index is 2.07. The van der Waals surface area contributed by atoms with Gasteiger partial charge >= 0.3 is 6.09 Å². The number of ether oxygens (including phenoxy) is 1. The molecule has 2 rings (SSSR count). The van der Waals surface area contributed by atoms with Gasteiger partial charge in [-0.15, -0.1) is 6.42 Å². The topological polar surface area (TPSA) is 32.8 Å². The van der Waals surface area contributed by atoms with Gasteiger partial charge in [-0.3, -0.25) is 0 Å². The second-order valence-electron chi connectivity index (χ2n) is 7.03. The highest BCUT2D eigenvalue weighted by Gasteiger charge is 2.26. The summed E-state index contributed by atoms with van der Waals surface area (Å²) in [5, 5.41) is 0. The summed E-state index contributed by atoms with van der Waals surface area (Å²) >= 11 is 4.40. The van der Waals surface area contributed by atoms with E-state index in [0.29, 0.717) is 18.8 Å². The summed E-state index contributed by atoms with van der Waals surface area (Å²) in [5.41, 5.74) is 3.81. The van der Waals surface area contributed by atoms with E-state index in [2.05, 4.69) is 29.5 Å². The van der Waals surface area contributed by atoms with Crippen LogP contribution in [0.5, 0.6) is 0 Å². The summed E-state index contributed by atoms with van der Waals surface area (Å²) < 4.78 is 5.44. The molecule has 130 valence electrons. The number of terminal acetylenes is 1. The number of piperazine rings is 1. The normalized spacial score (nSPS) is 15.2. The lowest BCUT2D eigenvalue weighted by molar-refractivity contribution is 0.0240. The van der Waals surface area contributed by atoms with E-state index < -0.39 is 5.60 Å². The van der Waals surface area contributed by atoms with Crippen LogP contribution in [0.2, 0.25) is 0 Å². The Bertz CT molecular complexity index is 651. The summed E-state index contributed by atoms with van der Waals surface area (Å²) in [5.74, 6) is 3.42. The summed E-state index contributed by atoms with van der Waals surface area (Å²) in [7, 11) is 0. The second-order valence-corrected chi connectivity index (χ2v) is 7.35.